The summed E-state index contributed by atoms with van der Waals surface area (Å²) in [7, 11) is 0. The third-order valence-electron chi connectivity index (χ3n) is 4.75. The first-order valence-electron chi connectivity index (χ1n) is 8.26. The Morgan fingerprint density at radius 1 is 1.30 bits per heavy atom. The molecule has 1 aliphatic carbocycles. The Balaban J connectivity index is 2.07. The second kappa shape index (κ2) is 6.26. The number of amides is 1. The second-order valence-corrected chi connectivity index (χ2v) is 7.52. The van der Waals surface area contributed by atoms with E-state index in [0.29, 0.717) is 12.8 Å². The largest absolute Gasteiger partial charge is 0.349 e. The van der Waals surface area contributed by atoms with Crippen LogP contribution in [-0.4, -0.2) is 34.3 Å². The summed E-state index contributed by atoms with van der Waals surface area (Å²) in [5.41, 5.74) is -2.66. The molecule has 1 radical (unpaired) electrons. The maximum atomic E-state index is 14.8. The van der Waals surface area contributed by atoms with E-state index in [1.807, 2.05) is 33.8 Å². The van der Waals surface area contributed by atoms with Crippen LogP contribution in [0, 0.1) is 11.8 Å². The van der Waals surface area contributed by atoms with Gasteiger partial charge in [-0.3, -0.25) is 4.79 Å². The molecule has 23 heavy (non-hydrogen) atoms. The van der Waals surface area contributed by atoms with Crippen LogP contribution in [0.15, 0.2) is 11.6 Å². The Morgan fingerprint density at radius 3 is 2.61 bits per heavy atom. The van der Waals surface area contributed by atoms with Gasteiger partial charge in [0.15, 0.2) is 0 Å². The molecule has 2 aliphatic rings. The SMILES string of the molecule is CC1(C)C=C(CNC(=O)C2(F)C#CCCCCC2)C(C)(C)N1[O]. The summed E-state index contributed by atoms with van der Waals surface area (Å²) in [6.45, 7) is 7.45. The molecule has 0 aromatic heterocycles. The maximum Gasteiger partial charge on any atom is 0.270 e. The fourth-order valence-corrected chi connectivity index (χ4v) is 3.29. The van der Waals surface area contributed by atoms with Gasteiger partial charge in [0, 0.05) is 19.4 Å². The molecule has 0 aromatic rings. The summed E-state index contributed by atoms with van der Waals surface area (Å²) in [4.78, 5) is 12.3. The zero-order chi connectivity index (χ0) is 17.3. The van der Waals surface area contributed by atoms with Crippen molar-refractivity contribution in [1.29, 1.82) is 0 Å². The predicted molar refractivity (Wildman–Crippen MR) is 86.5 cm³/mol. The van der Waals surface area contributed by atoms with Crippen LogP contribution in [0.5, 0.6) is 0 Å². The molecule has 1 N–H and O–H groups in total. The molecule has 1 unspecified atom stereocenters. The van der Waals surface area contributed by atoms with Crippen molar-refractivity contribution in [2.45, 2.75) is 76.5 Å². The molecule has 0 saturated heterocycles. The summed E-state index contributed by atoms with van der Waals surface area (Å²) in [6.07, 6.45) is 5.14. The molecular weight excluding hydrogens is 295 g/mol. The monoisotopic (exact) mass is 321 g/mol. The summed E-state index contributed by atoms with van der Waals surface area (Å²) < 4.78 is 14.8. The molecule has 5 heteroatoms. The van der Waals surface area contributed by atoms with E-state index in [-0.39, 0.29) is 13.0 Å². The number of halogens is 1. The van der Waals surface area contributed by atoms with Crippen molar-refractivity contribution in [3.63, 3.8) is 0 Å². The van der Waals surface area contributed by atoms with Crippen molar-refractivity contribution in [2.24, 2.45) is 0 Å². The molecule has 1 atom stereocenters. The number of hydroxylamine groups is 2. The fourth-order valence-electron chi connectivity index (χ4n) is 3.29. The van der Waals surface area contributed by atoms with Gasteiger partial charge in [0.1, 0.15) is 0 Å². The molecule has 0 saturated carbocycles. The van der Waals surface area contributed by atoms with E-state index >= 15 is 0 Å². The van der Waals surface area contributed by atoms with Gasteiger partial charge in [-0.25, -0.2) is 4.39 Å². The van der Waals surface area contributed by atoms with Crippen LogP contribution in [0.4, 0.5) is 4.39 Å². The van der Waals surface area contributed by atoms with E-state index in [9.17, 15) is 14.4 Å². The van der Waals surface area contributed by atoms with Gasteiger partial charge in [0.05, 0.1) is 11.1 Å². The van der Waals surface area contributed by atoms with Crippen molar-refractivity contribution >= 4 is 5.91 Å². The lowest BCUT2D eigenvalue weighted by Crippen LogP contribution is -2.49. The van der Waals surface area contributed by atoms with Gasteiger partial charge in [0.25, 0.3) is 5.91 Å². The first kappa shape index (κ1) is 18.0. The number of hydrogen-bond acceptors (Lipinski definition) is 2. The Kier molecular flexibility index (Phi) is 4.89. The van der Waals surface area contributed by atoms with Crippen LogP contribution < -0.4 is 5.32 Å². The molecule has 0 bridgehead atoms. The molecule has 1 amide bonds. The van der Waals surface area contributed by atoms with E-state index in [2.05, 4.69) is 17.2 Å². The quantitative estimate of drug-likeness (QED) is 0.642. The van der Waals surface area contributed by atoms with Crippen LogP contribution in [0.2, 0.25) is 0 Å². The van der Waals surface area contributed by atoms with Crippen LogP contribution >= 0.6 is 0 Å². The number of hydrogen-bond donors (Lipinski definition) is 1. The van der Waals surface area contributed by atoms with Gasteiger partial charge in [-0.1, -0.05) is 24.3 Å². The normalized spacial score (nSPS) is 29.7. The van der Waals surface area contributed by atoms with Crippen molar-refractivity contribution < 1.29 is 14.4 Å². The van der Waals surface area contributed by atoms with Gasteiger partial charge >= 0.3 is 0 Å². The van der Waals surface area contributed by atoms with Gasteiger partial charge in [-0.2, -0.15) is 0 Å². The number of carbonyl (C=O) groups excluding carboxylic acids is 1. The number of carbonyl (C=O) groups is 1. The number of rotatable bonds is 3. The van der Waals surface area contributed by atoms with E-state index < -0.39 is 22.7 Å². The van der Waals surface area contributed by atoms with Crippen LogP contribution in [-0.2, 0) is 10.0 Å². The van der Waals surface area contributed by atoms with E-state index in [4.69, 9.17) is 0 Å². The minimum Gasteiger partial charge on any atom is -0.349 e. The van der Waals surface area contributed by atoms with Crippen molar-refractivity contribution in [1.82, 2.24) is 10.4 Å². The van der Waals surface area contributed by atoms with Gasteiger partial charge in [-0.15, -0.1) is 10.3 Å². The first-order valence-corrected chi connectivity index (χ1v) is 8.26. The van der Waals surface area contributed by atoms with Crippen LogP contribution in [0.1, 0.15) is 59.8 Å². The lowest BCUT2D eigenvalue weighted by Gasteiger charge is -2.34. The molecule has 0 aromatic carbocycles. The molecule has 1 aliphatic heterocycles. The first-order chi connectivity index (χ1) is 10.6. The second-order valence-electron chi connectivity index (χ2n) is 7.52. The highest BCUT2D eigenvalue weighted by atomic mass is 19.1. The summed E-state index contributed by atoms with van der Waals surface area (Å²) in [6, 6.07) is 0. The highest BCUT2D eigenvalue weighted by molar-refractivity contribution is 5.88. The summed E-state index contributed by atoms with van der Waals surface area (Å²) in [5.74, 6) is 4.57. The number of nitrogens with zero attached hydrogens (tertiary/aromatic N) is 1. The zero-order valence-electron chi connectivity index (χ0n) is 14.5. The molecule has 4 nitrogen and oxygen atoms in total. The maximum absolute atomic E-state index is 14.8. The average Bonchev–Trinajstić information content (AvgIpc) is 2.60. The minimum atomic E-state index is -2.11. The fraction of sp³-hybridized carbons (Fsp3) is 0.722. The minimum absolute atomic E-state index is 0.132. The molecule has 127 valence electrons. The van der Waals surface area contributed by atoms with Crippen LogP contribution in [0.25, 0.3) is 0 Å². The third kappa shape index (κ3) is 3.59. The number of alkyl halides is 1. The molecule has 0 spiro atoms. The van der Waals surface area contributed by atoms with E-state index in [0.717, 1.165) is 23.5 Å². The standard InChI is InChI=1S/C18H26FN2O2/c1-16(2)12-14(17(3,4)21(16)23)13-20-15(22)18(19)10-8-6-5-7-9-11-18/h12H,5-8,10,13H2,1-4H3,(H,20,22). The Morgan fingerprint density at radius 2 is 2.00 bits per heavy atom. The lowest BCUT2D eigenvalue weighted by molar-refractivity contribution is -0.238. The van der Waals surface area contributed by atoms with Crippen molar-refractivity contribution in [3.8, 4) is 11.8 Å². The Bertz CT molecular complexity index is 571. The van der Waals surface area contributed by atoms with Crippen molar-refractivity contribution in [3.05, 3.63) is 11.6 Å². The Hall–Kier alpha value is -1.38. The average molecular weight is 321 g/mol. The molecule has 2 rings (SSSR count). The van der Waals surface area contributed by atoms with Crippen molar-refractivity contribution in [2.75, 3.05) is 6.54 Å². The molecular formula is C18H26FN2O2. The lowest BCUT2D eigenvalue weighted by atomic mass is 9.93. The molecule has 1 heterocycles. The van der Waals surface area contributed by atoms with Crippen LogP contribution in [0.3, 0.4) is 0 Å². The highest BCUT2D eigenvalue weighted by Crippen LogP contribution is 2.38. The van der Waals surface area contributed by atoms with E-state index in [1.54, 1.807) is 0 Å². The number of nitrogens with one attached hydrogen (secondary N) is 1. The predicted octanol–water partition coefficient (Wildman–Crippen LogP) is 2.92. The summed E-state index contributed by atoms with van der Waals surface area (Å²) in [5, 5.41) is 16.0. The topological polar surface area (TPSA) is 52.2 Å². The summed E-state index contributed by atoms with van der Waals surface area (Å²) >= 11 is 0. The third-order valence-corrected chi connectivity index (χ3v) is 4.75. The highest BCUT2D eigenvalue weighted by Gasteiger charge is 2.46. The van der Waals surface area contributed by atoms with E-state index in [1.165, 1.54) is 0 Å². The van der Waals surface area contributed by atoms with Gasteiger partial charge in [0.2, 0.25) is 5.67 Å². The molecule has 0 fully saturated rings. The van der Waals surface area contributed by atoms with Gasteiger partial charge < -0.3 is 5.32 Å². The van der Waals surface area contributed by atoms with Gasteiger partial charge in [-0.05, 0) is 46.1 Å². The zero-order valence-corrected chi connectivity index (χ0v) is 14.5. The Labute approximate surface area is 138 Å². The smallest absolute Gasteiger partial charge is 0.270 e.